The van der Waals surface area contributed by atoms with Crippen LogP contribution >= 0.6 is 0 Å². The molecule has 2 aliphatic rings. The van der Waals surface area contributed by atoms with Gasteiger partial charge in [0.25, 0.3) is 5.91 Å². The average Bonchev–Trinajstić information content (AvgIpc) is 3.16. The number of amides is 1. The van der Waals surface area contributed by atoms with Crippen LogP contribution in [-0.4, -0.2) is 49.2 Å². The highest BCUT2D eigenvalue weighted by Crippen LogP contribution is 2.34. The normalized spacial score (nSPS) is 20.1. The third-order valence-electron chi connectivity index (χ3n) is 5.95. The van der Waals surface area contributed by atoms with Gasteiger partial charge in [-0.3, -0.25) is 4.79 Å². The van der Waals surface area contributed by atoms with Gasteiger partial charge in [-0.15, -0.1) is 0 Å². The molecule has 0 spiro atoms. The predicted molar refractivity (Wildman–Crippen MR) is 112 cm³/mol. The number of methoxy groups -OCH3 is 1. The summed E-state index contributed by atoms with van der Waals surface area (Å²) in [4.78, 5) is 26.9. The van der Waals surface area contributed by atoms with Crippen molar-refractivity contribution < 1.29 is 23.8 Å². The van der Waals surface area contributed by atoms with Crippen LogP contribution in [-0.2, 0) is 11.2 Å². The SMILES string of the molecule is COC(=O)c1ccc(CC[C@H]2CC[C@@H](C)N2C(=O)c2ccc3c(c2)OCCO3)cc1. The Kier molecular flexibility index (Phi) is 5.93. The lowest BCUT2D eigenvalue weighted by molar-refractivity contribution is 0.0599. The maximum atomic E-state index is 13.3. The van der Waals surface area contributed by atoms with Crippen LogP contribution in [0.2, 0.25) is 0 Å². The second-order valence-electron chi connectivity index (χ2n) is 7.88. The molecule has 2 atom stereocenters. The molecule has 0 aliphatic carbocycles. The quantitative estimate of drug-likeness (QED) is 0.702. The third-order valence-corrected chi connectivity index (χ3v) is 5.95. The van der Waals surface area contributed by atoms with Gasteiger partial charge in [0.05, 0.1) is 12.7 Å². The zero-order valence-electron chi connectivity index (χ0n) is 17.4. The molecule has 0 aromatic heterocycles. The van der Waals surface area contributed by atoms with Gasteiger partial charge in [0.15, 0.2) is 11.5 Å². The third kappa shape index (κ3) is 4.13. The summed E-state index contributed by atoms with van der Waals surface area (Å²) in [7, 11) is 1.38. The van der Waals surface area contributed by atoms with E-state index in [1.807, 2.05) is 29.2 Å². The minimum absolute atomic E-state index is 0.0445. The molecule has 1 saturated heterocycles. The summed E-state index contributed by atoms with van der Waals surface area (Å²) < 4.78 is 16.0. The lowest BCUT2D eigenvalue weighted by Crippen LogP contribution is -2.40. The Balaban J connectivity index is 1.44. The molecule has 0 saturated carbocycles. The predicted octanol–water partition coefficient (Wildman–Crippen LogP) is 3.87. The van der Waals surface area contributed by atoms with E-state index in [1.54, 1.807) is 18.2 Å². The van der Waals surface area contributed by atoms with E-state index < -0.39 is 0 Å². The van der Waals surface area contributed by atoms with E-state index in [0.717, 1.165) is 31.2 Å². The number of esters is 1. The first-order valence-electron chi connectivity index (χ1n) is 10.5. The molecular formula is C24H27NO5. The van der Waals surface area contributed by atoms with Crippen molar-refractivity contribution in [1.82, 2.24) is 4.90 Å². The number of carbonyl (C=O) groups is 2. The molecule has 6 nitrogen and oxygen atoms in total. The highest BCUT2D eigenvalue weighted by molar-refractivity contribution is 5.95. The molecule has 0 unspecified atom stereocenters. The summed E-state index contributed by atoms with van der Waals surface area (Å²) in [5.74, 6) is 1.05. The van der Waals surface area contributed by atoms with Crippen LogP contribution in [0, 0.1) is 0 Å². The van der Waals surface area contributed by atoms with E-state index in [9.17, 15) is 9.59 Å². The van der Waals surface area contributed by atoms with Gasteiger partial charge in [-0.2, -0.15) is 0 Å². The van der Waals surface area contributed by atoms with Gasteiger partial charge in [-0.25, -0.2) is 4.79 Å². The summed E-state index contributed by atoms with van der Waals surface area (Å²) in [5, 5.41) is 0. The summed E-state index contributed by atoms with van der Waals surface area (Å²) in [6, 6.07) is 13.3. The largest absolute Gasteiger partial charge is 0.486 e. The Labute approximate surface area is 176 Å². The summed E-state index contributed by atoms with van der Waals surface area (Å²) >= 11 is 0. The average molecular weight is 409 g/mol. The van der Waals surface area contributed by atoms with Gasteiger partial charge in [0, 0.05) is 17.6 Å². The van der Waals surface area contributed by atoms with Gasteiger partial charge in [0.1, 0.15) is 13.2 Å². The molecule has 6 heteroatoms. The van der Waals surface area contributed by atoms with Crippen LogP contribution < -0.4 is 9.47 Å². The second-order valence-corrected chi connectivity index (χ2v) is 7.88. The number of carbonyl (C=O) groups excluding carboxylic acids is 2. The van der Waals surface area contributed by atoms with Crippen LogP contribution in [0.15, 0.2) is 42.5 Å². The first-order valence-corrected chi connectivity index (χ1v) is 10.5. The Bertz CT molecular complexity index is 924. The van der Waals surface area contributed by atoms with Gasteiger partial charge in [-0.05, 0) is 68.5 Å². The number of likely N-dealkylation sites (tertiary alicyclic amines) is 1. The molecule has 30 heavy (non-hydrogen) atoms. The zero-order chi connectivity index (χ0) is 21.1. The summed E-state index contributed by atoms with van der Waals surface area (Å²) in [6.45, 7) is 3.15. The Morgan fingerprint density at radius 2 is 1.70 bits per heavy atom. The van der Waals surface area contributed by atoms with Crippen LogP contribution in [0.5, 0.6) is 11.5 Å². The molecule has 2 aliphatic heterocycles. The topological polar surface area (TPSA) is 65.1 Å². The van der Waals surface area contributed by atoms with E-state index in [1.165, 1.54) is 7.11 Å². The van der Waals surface area contributed by atoms with E-state index in [2.05, 4.69) is 6.92 Å². The molecule has 2 heterocycles. The number of aryl methyl sites for hydroxylation is 1. The number of nitrogens with zero attached hydrogens (tertiary/aromatic N) is 1. The van der Waals surface area contributed by atoms with E-state index in [0.29, 0.717) is 35.8 Å². The lowest BCUT2D eigenvalue weighted by Gasteiger charge is -2.29. The standard InChI is InChI=1S/C24H27NO5/c1-16-3-10-20(11-6-17-4-7-18(8-5-17)24(27)28-2)25(16)23(26)19-9-12-21-22(15-19)30-14-13-29-21/h4-5,7-9,12,15-16,20H,3,6,10-11,13-14H2,1-2H3/t16-,20-/m1/s1. The number of fused-ring (bicyclic) bond motifs is 1. The molecular weight excluding hydrogens is 382 g/mol. The molecule has 1 amide bonds. The van der Waals surface area contributed by atoms with Crippen molar-refractivity contribution in [3.63, 3.8) is 0 Å². The van der Waals surface area contributed by atoms with Gasteiger partial charge >= 0.3 is 5.97 Å². The van der Waals surface area contributed by atoms with E-state index in [4.69, 9.17) is 14.2 Å². The molecule has 0 N–H and O–H groups in total. The molecule has 0 bridgehead atoms. The van der Waals surface area contributed by atoms with Gasteiger partial charge < -0.3 is 19.1 Å². The van der Waals surface area contributed by atoms with Crippen molar-refractivity contribution in [2.45, 2.75) is 44.7 Å². The number of hydrogen-bond donors (Lipinski definition) is 0. The van der Waals surface area contributed by atoms with Crippen LogP contribution in [0.25, 0.3) is 0 Å². The van der Waals surface area contributed by atoms with Crippen molar-refractivity contribution >= 4 is 11.9 Å². The monoisotopic (exact) mass is 409 g/mol. The fourth-order valence-corrected chi connectivity index (χ4v) is 4.31. The molecule has 0 radical (unpaired) electrons. The molecule has 2 aromatic carbocycles. The maximum absolute atomic E-state index is 13.3. The van der Waals surface area contributed by atoms with Gasteiger partial charge in [-0.1, -0.05) is 12.1 Å². The highest BCUT2D eigenvalue weighted by Gasteiger charge is 2.34. The summed E-state index contributed by atoms with van der Waals surface area (Å²) in [6.07, 6.45) is 3.74. The zero-order valence-corrected chi connectivity index (χ0v) is 17.4. The Morgan fingerprint density at radius 1 is 1.00 bits per heavy atom. The van der Waals surface area contributed by atoms with E-state index in [-0.39, 0.29) is 24.0 Å². The number of rotatable bonds is 5. The second kappa shape index (κ2) is 8.78. The van der Waals surface area contributed by atoms with Crippen molar-refractivity contribution in [1.29, 1.82) is 0 Å². The minimum atomic E-state index is -0.331. The van der Waals surface area contributed by atoms with E-state index >= 15 is 0 Å². The van der Waals surface area contributed by atoms with Crippen LogP contribution in [0.4, 0.5) is 0 Å². The Hall–Kier alpha value is -3.02. The Morgan fingerprint density at radius 3 is 2.43 bits per heavy atom. The smallest absolute Gasteiger partial charge is 0.337 e. The van der Waals surface area contributed by atoms with Gasteiger partial charge in [0.2, 0.25) is 0 Å². The van der Waals surface area contributed by atoms with Crippen molar-refractivity contribution in [3.8, 4) is 11.5 Å². The van der Waals surface area contributed by atoms with Crippen molar-refractivity contribution in [3.05, 3.63) is 59.2 Å². The van der Waals surface area contributed by atoms with Crippen LogP contribution in [0.3, 0.4) is 0 Å². The molecule has 4 rings (SSSR count). The fourth-order valence-electron chi connectivity index (χ4n) is 4.31. The number of hydrogen-bond acceptors (Lipinski definition) is 5. The minimum Gasteiger partial charge on any atom is -0.486 e. The first kappa shape index (κ1) is 20.3. The van der Waals surface area contributed by atoms with Crippen molar-refractivity contribution in [2.24, 2.45) is 0 Å². The fraction of sp³-hybridized carbons (Fsp3) is 0.417. The van der Waals surface area contributed by atoms with Crippen LogP contribution in [0.1, 0.15) is 52.5 Å². The lowest BCUT2D eigenvalue weighted by atomic mass is 10.0. The first-order chi connectivity index (χ1) is 14.6. The number of benzene rings is 2. The maximum Gasteiger partial charge on any atom is 0.337 e. The number of ether oxygens (including phenoxy) is 3. The molecule has 2 aromatic rings. The molecule has 158 valence electrons. The van der Waals surface area contributed by atoms with Crippen molar-refractivity contribution in [2.75, 3.05) is 20.3 Å². The molecule has 1 fully saturated rings. The summed E-state index contributed by atoms with van der Waals surface area (Å²) in [5.41, 5.74) is 2.33. The highest BCUT2D eigenvalue weighted by atomic mass is 16.6.